The molecule has 0 saturated carbocycles. The SMILES string of the molecule is CC(C)(C)N(C(=O)O)[C@H]1CCN(CCn2c(=O)ccc3ncccc32)C[C@@H]1O. The van der Waals surface area contributed by atoms with E-state index in [1.165, 1.54) is 11.0 Å². The molecule has 3 rings (SSSR count). The highest BCUT2D eigenvalue weighted by atomic mass is 16.4. The highest BCUT2D eigenvalue weighted by molar-refractivity contribution is 5.73. The number of aliphatic hydroxyl groups is 1. The van der Waals surface area contributed by atoms with Crippen LogP contribution >= 0.6 is 0 Å². The Kier molecular flexibility index (Phi) is 5.71. The fourth-order valence-corrected chi connectivity index (χ4v) is 4.01. The lowest BCUT2D eigenvalue weighted by Gasteiger charge is -2.45. The molecule has 2 atom stereocenters. The Morgan fingerprint density at radius 1 is 1.29 bits per heavy atom. The van der Waals surface area contributed by atoms with Gasteiger partial charge in [-0.25, -0.2) is 4.79 Å². The van der Waals surface area contributed by atoms with Crippen LogP contribution in [0.1, 0.15) is 27.2 Å². The van der Waals surface area contributed by atoms with Gasteiger partial charge < -0.3 is 14.8 Å². The predicted molar refractivity (Wildman–Crippen MR) is 106 cm³/mol. The standard InChI is InChI=1S/C20H28N4O4/c1-20(2,3)24(19(27)28)16-8-10-22(13-17(16)25)11-12-23-15-5-4-9-21-14(15)6-7-18(23)26/h4-7,9,16-17,25H,8,10-13H2,1-3H3,(H,27,28)/t16-,17-/m0/s1. The molecule has 28 heavy (non-hydrogen) atoms. The zero-order valence-corrected chi connectivity index (χ0v) is 16.6. The topological polar surface area (TPSA) is 98.9 Å². The quantitative estimate of drug-likeness (QED) is 0.826. The number of aliphatic hydroxyl groups excluding tert-OH is 1. The number of carbonyl (C=O) groups is 1. The summed E-state index contributed by atoms with van der Waals surface area (Å²) in [5.41, 5.74) is 0.891. The number of piperidine rings is 1. The summed E-state index contributed by atoms with van der Waals surface area (Å²) in [6.45, 7) is 7.63. The van der Waals surface area contributed by atoms with Crippen molar-refractivity contribution in [3.63, 3.8) is 0 Å². The molecule has 2 N–H and O–H groups in total. The van der Waals surface area contributed by atoms with Crippen molar-refractivity contribution in [3.05, 3.63) is 40.8 Å². The maximum Gasteiger partial charge on any atom is 0.408 e. The van der Waals surface area contributed by atoms with Gasteiger partial charge in [-0.2, -0.15) is 0 Å². The Morgan fingerprint density at radius 2 is 2.04 bits per heavy atom. The van der Waals surface area contributed by atoms with Gasteiger partial charge in [0.05, 0.1) is 23.2 Å². The summed E-state index contributed by atoms with van der Waals surface area (Å²) in [6, 6.07) is 6.48. The van der Waals surface area contributed by atoms with E-state index in [0.29, 0.717) is 32.6 Å². The van der Waals surface area contributed by atoms with E-state index in [0.717, 1.165) is 11.0 Å². The van der Waals surface area contributed by atoms with Crippen LogP contribution in [0, 0.1) is 0 Å². The monoisotopic (exact) mass is 388 g/mol. The van der Waals surface area contributed by atoms with Crippen molar-refractivity contribution in [2.75, 3.05) is 19.6 Å². The van der Waals surface area contributed by atoms with Crippen molar-refractivity contribution in [2.45, 2.75) is 51.4 Å². The van der Waals surface area contributed by atoms with Crippen LogP contribution in [0.15, 0.2) is 35.3 Å². The largest absolute Gasteiger partial charge is 0.465 e. The summed E-state index contributed by atoms with van der Waals surface area (Å²) >= 11 is 0. The number of β-amino-alcohol motifs (C(OH)–C–C–N with tert-alkyl or cyclic N) is 1. The molecule has 1 fully saturated rings. The summed E-state index contributed by atoms with van der Waals surface area (Å²) in [4.78, 5) is 31.7. The first-order chi connectivity index (χ1) is 13.2. The molecule has 0 bridgehead atoms. The summed E-state index contributed by atoms with van der Waals surface area (Å²) in [5, 5.41) is 20.2. The van der Waals surface area contributed by atoms with Crippen molar-refractivity contribution < 1.29 is 15.0 Å². The fraction of sp³-hybridized carbons (Fsp3) is 0.550. The number of likely N-dealkylation sites (tertiary alicyclic amines) is 1. The summed E-state index contributed by atoms with van der Waals surface area (Å²) in [5.74, 6) is 0. The van der Waals surface area contributed by atoms with Crippen LogP contribution in [-0.2, 0) is 6.54 Å². The molecule has 2 aromatic heterocycles. The first kappa shape index (κ1) is 20.3. The van der Waals surface area contributed by atoms with Crippen molar-refractivity contribution in [1.82, 2.24) is 19.4 Å². The lowest BCUT2D eigenvalue weighted by atomic mass is 9.95. The molecule has 1 saturated heterocycles. The summed E-state index contributed by atoms with van der Waals surface area (Å²) < 4.78 is 1.69. The number of hydrogen-bond acceptors (Lipinski definition) is 5. The van der Waals surface area contributed by atoms with Crippen LogP contribution in [0.25, 0.3) is 11.0 Å². The third-order valence-electron chi connectivity index (χ3n) is 5.29. The average Bonchev–Trinajstić information content (AvgIpc) is 2.61. The molecular formula is C20H28N4O4. The van der Waals surface area contributed by atoms with Crippen LogP contribution in [0.2, 0.25) is 0 Å². The first-order valence-electron chi connectivity index (χ1n) is 9.56. The van der Waals surface area contributed by atoms with E-state index in [1.54, 1.807) is 22.9 Å². The van der Waals surface area contributed by atoms with E-state index in [2.05, 4.69) is 9.88 Å². The molecule has 3 heterocycles. The molecule has 8 nitrogen and oxygen atoms in total. The van der Waals surface area contributed by atoms with Gasteiger partial charge in [-0.3, -0.25) is 19.6 Å². The number of fused-ring (bicyclic) bond motifs is 1. The second-order valence-corrected chi connectivity index (χ2v) is 8.28. The van der Waals surface area contributed by atoms with E-state index >= 15 is 0 Å². The minimum Gasteiger partial charge on any atom is -0.465 e. The van der Waals surface area contributed by atoms with E-state index in [9.17, 15) is 19.8 Å². The predicted octanol–water partition coefficient (Wildman–Crippen LogP) is 1.61. The van der Waals surface area contributed by atoms with Crippen LogP contribution in [0.4, 0.5) is 4.79 Å². The molecule has 0 aromatic carbocycles. The number of rotatable bonds is 4. The second kappa shape index (κ2) is 7.89. The molecule has 152 valence electrons. The fourth-order valence-electron chi connectivity index (χ4n) is 4.01. The van der Waals surface area contributed by atoms with E-state index in [1.807, 2.05) is 26.8 Å². The third kappa shape index (κ3) is 4.18. The van der Waals surface area contributed by atoms with Gasteiger partial charge in [0.2, 0.25) is 0 Å². The lowest BCUT2D eigenvalue weighted by molar-refractivity contribution is -0.0354. The summed E-state index contributed by atoms with van der Waals surface area (Å²) in [6.07, 6.45) is 0.466. The maximum atomic E-state index is 12.3. The van der Waals surface area contributed by atoms with Crippen molar-refractivity contribution >= 4 is 17.1 Å². The molecule has 0 radical (unpaired) electrons. The van der Waals surface area contributed by atoms with Gasteiger partial charge in [0.25, 0.3) is 5.56 Å². The van der Waals surface area contributed by atoms with Crippen molar-refractivity contribution in [2.24, 2.45) is 0 Å². The van der Waals surface area contributed by atoms with Gasteiger partial charge in [-0.1, -0.05) is 0 Å². The van der Waals surface area contributed by atoms with Gasteiger partial charge >= 0.3 is 6.09 Å². The molecule has 0 unspecified atom stereocenters. The highest BCUT2D eigenvalue weighted by Gasteiger charge is 2.39. The molecular weight excluding hydrogens is 360 g/mol. The molecule has 8 heteroatoms. The Balaban J connectivity index is 1.69. The molecule has 1 aliphatic rings. The van der Waals surface area contributed by atoms with E-state index in [-0.39, 0.29) is 5.56 Å². The number of aromatic nitrogens is 2. The van der Waals surface area contributed by atoms with Gasteiger partial charge in [0.15, 0.2) is 0 Å². The molecule has 2 aromatic rings. The Labute approximate surface area is 164 Å². The molecule has 0 aliphatic carbocycles. The number of carboxylic acid groups (broad SMARTS) is 1. The van der Waals surface area contributed by atoms with Crippen LogP contribution in [0.3, 0.4) is 0 Å². The number of nitrogens with zero attached hydrogens (tertiary/aromatic N) is 4. The van der Waals surface area contributed by atoms with Gasteiger partial charge in [-0.15, -0.1) is 0 Å². The number of amides is 1. The second-order valence-electron chi connectivity index (χ2n) is 8.28. The number of hydrogen-bond donors (Lipinski definition) is 2. The number of pyridine rings is 2. The van der Waals surface area contributed by atoms with E-state index in [4.69, 9.17) is 0 Å². The first-order valence-corrected chi connectivity index (χ1v) is 9.56. The maximum absolute atomic E-state index is 12.3. The van der Waals surface area contributed by atoms with Gasteiger partial charge in [0, 0.05) is 44.0 Å². The average molecular weight is 388 g/mol. The zero-order chi connectivity index (χ0) is 20.5. The van der Waals surface area contributed by atoms with Crippen LogP contribution in [-0.4, -0.2) is 73.0 Å². The van der Waals surface area contributed by atoms with Crippen molar-refractivity contribution in [1.29, 1.82) is 0 Å². The smallest absolute Gasteiger partial charge is 0.408 e. The lowest BCUT2D eigenvalue weighted by Crippen LogP contribution is -2.60. The van der Waals surface area contributed by atoms with Crippen molar-refractivity contribution in [3.8, 4) is 0 Å². The summed E-state index contributed by atoms with van der Waals surface area (Å²) in [7, 11) is 0. The van der Waals surface area contributed by atoms with E-state index < -0.39 is 23.8 Å². The van der Waals surface area contributed by atoms with Crippen LogP contribution in [0.5, 0.6) is 0 Å². The van der Waals surface area contributed by atoms with Gasteiger partial charge in [-0.05, 0) is 45.4 Å². The minimum absolute atomic E-state index is 0.0827. The zero-order valence-electron chi connectivity index (χ0n) is 16.6. The third-order valence-corrected chi connectivity index (χ3v) is 5.29. The van der Waals surface area contributed by atoms with Gasteiger partial charge in [0.1, 0.15) is 0 Å². The normalized spacial score (nSPS) is 21.0. The molecule has 1 amide bonds. The Bertz CT molecular complexity index is 905. The Hall–Kier alpha value is -2.45. The van der Waals surface area contributed by atoms with Crippen LogP contribution < -0.4 is 5.56 Å². The molecule has 0 spiro atoms. The highest BCUT2D eigenvalue weighted by Crippen LogP contribution is 2.25. The molecule has 1 aliphatic heterocycles. The minimum atomic E-state index is -1.01. The Morgan fingerprint density at radius 3 is 2.68 bits per heavy atom.